The second kappa shape index (κ2) is 3.21. The zero-order valence-corrected chi connectivity index (χ0v) is 8.22. The van der Waals surface area contributed by atoms with Gasteiger partial charge in [0.15, 0.2) is 0 Å². The van der Waals surface area contributed by atoms with Crippen LogP contribution < -0.4 is 11.1 Å². The van der Waals surface area contributed by atoms with E-state index in [9.17, 15) is 4.39 Å². The van der Waals surface area contributed by atoms with Crippen LogP contribution in [0.4, 0.5) is 4.39 Å². The number of nitrogens with two attached hydrogens (primary N) is 1. The summed E-state index contributed by atoms with van der Waals surface area (Å²) in [6.07, 6.45) is 1.39. The second-order valence-corrected chi connectivity index (χ2v) is 4.90. The van der Waals surface area contributed by atoms with Crippen LogP contribution in [0.1, 0.15) is 19.8 Å². The summed E-state index contributed by atoms with van der Waals surface area (Å²) in [4.78, 5) is 0. The van der Waals surface area contributed by atoms with Gasteiger partial charge >= 0.3 is 0 Å². The number of hydrogen-bond acceptors (Lipinski definition) is 2. The van der Waals surface area contributed by atoms with E-state index in [1.54, 1.807) is 6.92 Å². The van der Waals surface area contributed by atoms with Gasteiger partial charge < -0.3 is 11.1 Å². The summed E-state index contributed by atoms with van der Waals surface area (Å²) in [6, 6.07) is 0. The molecule has 0 aromatic rings. The van der Waals surface area contributed by atoms with Crippen molar-refractivity contribution in [3.05, 3.63) is 0 Å². The van der Waals surface area contributed by atoms with Crippen LogP contribution in [0.5, 0.6) is 0 Å². The zero-order chi connectivity index (χ0) is 9.47. The molecule has 13 heavy (non-hydrogen) atoms. The van der Waals surface area contributed by atoms with Gasteiger partial charge in [0.1, 0.15) is 5.67 Å². The fourth-order valence-electron chi connectivity index (χ4n) is 3.15. The van der Waals surface area contributed by atoms with Gasteiger partial charge in [0, 0.05) is 0 Å². The van der Waals surface area contributed by atoms with Gasteiger partial charge in [-0.05, 0) is 57.2 Å². The third-order valence-corrected chi connectivity index (χ3v) is 3.67. The molecule has 76 valence electrons. The maximum absolute atomic E-state index is 13.8. The highest BCUT2D eigenvalue weighted by atomic mass is 19.1. The minimum Gasteiger partial charge on any atom is -0.330 e. The highest BCUT2D eigenvalue weighted by Crippen LogP contribution is 2.43. The van der Waals surface area contributed by atoms with Gasteiger partial charge in [0.2, 0.25) is 0 Å². The van der Waals surface area contributed by atoms with Gasteiger partial charge in [0.25, 0.3) is 0 Å². The molecule has 2 unspecified atom stereocenters. The van der Waals surface area contributed by atoms with Crippen molar-refractivity contribution in [3.8, 4) is 0 Å². The van der Waals surface area contributed by atoms with E-state index in [0.29, 0.717) is 30.6 Å². The monoisotopic (exact) mass is 186 g/mol. The van der Waals surface area contributed by atoms with Crippen LogP contribution >= 0.6 is 0 Å². The van der Waals surface area contributed by atoms with Crippen LogP contribution in [0.15, 0.2) is 0 Å². The Morgan fingerprint density at radius 1 is 1.38 bits per heavy atom. The van der Waals surface area contributed by atoms with Crippen LogP contribution in [-0.4, -0.2) is 25.3 Å². The maximum atomic E-state index is 13.8. The fourth-order valence-corrected chi connectivity index (χ4v) is 3.15. The molecule has 0 aromatic carbocycles. The summed E-state index contributed by atoms with van der Waals surface area (Å²) in [5, 5.41) is 3.37. The Hall–Kier alpha value is -0.150. The first-order valence-electron chi connectivity index (χ1n) is 5.22. The Morgan fingerprint density at radius 3 is 2.38 bits per heavy atom. The first-order valence-corrected chi connectivity index (χ1v) is 5.22. The highest BCUT2D eigenvalue weighted by molar-refractivity contribution is 4.97. The summed E-state index contributed by atoms with van der Waals surface area (Å²) < 4.78 is 13.8. The molecular formula is C10H19FN2. The third-order valence-electron chi connectivity index (χ3n) is 3.67. The third kappa shape index (κ3) is 1.72. The van der Waals surface area contributed by atoms with Gasteiger partial charge in [-0.3, -0.25) is 0 Å². The standard InChI is InChI=1S/C10H19FN2/c1-10(11)2-7-5-13-6-8(3-10)9(7)4-12/h7-9,13H,2-6,12H2,1H3. The summed E-state index contributed by atoms with van der Waals surface area (Å²) in [5.74, 6) is 1.49. The van der Waals surface area contributed by atoms with E-state index in [1.165, 1.54) is 0 Å². The van der Waals surface area contributed by atoms with Crippen molar-refractivity contribution in [1.82, 2.24) is 5.32 Å². The summed E-state index contributed by atoms with van der Waals surface area (Å²) >= 11 is 0. The predicted molar refractivity (Wildman–Crippen MR) is 51.1 cm³/mol. The topological polar surface area (TPSA) is 38.0 Å². The number of hydrogen-bond donors (Lipinski definition) is 2. The SMILES string of the molecule is CC1(F)CC2CNCC(C1)C2CN. The Morgan fingerprint density at radius 2 is 1.92 bits per heavy atom. The van der Waals surface area contributed by atoms with Crippen molar-refractivity contribution < 1.29 is 4.39 Å². The molecule has 2 aliphatic rings. The molecular weight excluding hydrogens is 167 g/mol. The molecule has 0 aromatic heterocycles. The van der Waals surface area contributed by atoms with E-state index in [4.69, 9.17) is 5.73 Å². The first kappa shape index (κ1) is 9.41. The lowest BCUT2D eigenvalue weighted by molar-refractivity contribution is -0.00269. The molecule has 2 bridgehead atoms. The summed E-state index contributed by atoms with van der Waals surface area (Å²) in [7, 11) is 0. The second-order valence-electron chi connectivity index (χ2n) is 4.90. The number of piperidine rings is 1. The molecule has 3 heteroatoms. The van der Waals surface area contributed by atoms with Crippen LogP contribution in [0.2, 0.25) is 0 Å². The van der Waals surface area contributed by atoms with E-state index in [0.717, 1.165) is 19.6 Å². The molecule has 2 atom stereocenters. The van der Waals surface area contributed by atoms with Crippen LogP contribution in [0.3, 0.4) is 0 Å². The lowest BCUT2D eigenvalue weighted by Crippen LogP contribution is -2.53. The smallest absolute Gasteiger partial charge is 0.109 e. The number of fused-ring (bicyclic) bond motifs is 2. The van der Waals surface area contributed by atoms with Crippen molar-refractivity contribution in [2.45, 2.75) is 25.4 Å². The van der Waals surface area contributed by atoms with E-state index in [1.807, 2.05) is 0 Å². The largest absolute Gasteiger partial charge is 0.330 e. The average molecular weight is 186 g/mol. The van der Waals surface area contributed by atoms with E-state index in [-0.39, 0.29) is 0 Å². The van der Waals surface area contributed by atoms with Gasteiger partial charge in [-0.2, -0.15) is 0 Å². The van der Waals surface area contributed by atoms with Gasteiger partial charge in [-0.1, -0.05) is 0 Å². The van der Waals surface area contributed by atoms with Crippen molar-refractivity contribution in [3.63, 3.8) is 0 Å². The molecule has 0 spiro atoms. The predicted octanol–water partition coefficient (Wildman–Crippen LogP) is 0.919. The average Bonchev–Trinajstić information content (AvgIpc) is 2.01. The normalized spacial score (nSPS) is 50.5. The fraction of sp³-hybridized carbons (Fsp3) is 1.00. The van der Waals surface area contributed by atoms with Crippen LogP contribution in [-0.2, 0) is 0 Å². The Bertz CT molecular complexity index is 177. The van der Waals surface area contributed by atoms with E-state index in [2.05, 4.69) is 5.32 Å². The molecule has 1 heterocycles. The molecule has 2 rings (SSSR count). The first-order chi connectivity index (χ1) is 6.12. The Kier molecular flexibility index (Phi) is 2.32. The molecule has 1 saturated heterocycles. The minimum atomic E-state index is -0.941. The molecule has 1 aliphatic carbocycles. The Labute approximate surface area is 79.1 Å². The van der Waals surface area contributed by atoms with Crippen molar-refractivity contribution in [1.29, 1.82) is 0 Å². The van der Waals surface area contributed by atoms with Crippen molar-refractivity contribution in [2.75, 3.05) is 19.6 Å². The molecule has 1 aliphatic heterocycles. The van der Waals surface area contributed by atoms with Crippen molar-refractivity contribution in [2.24, 2.45) is 23.5 Å². The van der Waals surface area contributed by atoms with Gasteiger partial charge in [0.05, 0.1) is 0 Å². The summed E-state index contributed by atoms with van der Waals surface area (Å²) in [6.45, 7) is 4.38. The minimum absolute atomic E-state index is 0.465. The maximum Gasteiger partial charge on any atom is 0.109 e. The van der Waals surface area contributed by atoms with Gasteiger partial charge in [-0.15, -0.1) is 0 Å². The highest BCUT2D eigenvalue weighted by Gasteiger charge is 2.44. The summed E-state index contributed by atoms with van der Waals surface area (Å²) in [5.41, 5.74) is 4.79. The van der Waals surface area contributed by atoms with Crippen molar-refractivity contribution >= 4 is 0 Å². The number of halogens is 1. The molecule has 2 fully saturated rings. The quantitative estimate of drug-likeness (QED) is 0.639. The Balaban J connectivity index is 2.12. The number of rotatable bonds is 1. The molecule has 1 saturated carbocycles. The van der Waals surface area contributed by atoms with E-state index < -0.39 is 5.67 Å². The lowest BCUT2D eigenvalue weighted by Gasteiger charge is -2.47. The molecule has 0 radical (unpaired) electrons. The number of nitrogens with one attached hydrogen (secondary N) is 1. The zero-order valence-electron chi connectivity index (χ0n) is 8.22. The van der Waals surface area contributed by atoms with Gasteiger partial charge in [-0.25, -0.2) is 4.39 Å². The molecule has 2 nitrogen and oxygen atoms in total. The molecule has 0 amide bonds. The van der Waals surface area contributed by atoms with Crippen LogP contribution in [0, 0.1) is 17.8 Å². The van der Waals surface area contributed by atoms with Crippen LogP contribution in [0.25, 0.3) is 0 Å². The number of alkyl halides is 1. The lowest BCUT2D eigenvalue weighted by atomic mass is 9.65. The molecule has 3 N–H and O–H groups in total. The van der Waals surface area contributed by atoms with E-state index >= 15 is 0 Å².